The van der Waals surface area contributed by atoms with Crippen molar-refractivity contribution in [2.45, 2.75) is 19.9 Å². The van der Waals surface area contributed by atoms with E-state index in [4.69, 9.17) is 0 Å². The fraction of sp³-hybridized carbons (Fsp3) is 0.364. The molecule has 0 aliphatic carbocycles. The SMILES string of the molecule is CCCNCc1nnnn1-c1cc(Br)c(F)cc1F. The van der Waals surface area contributed by atoms with Crippen LogP contribution in [-0.4, -0.2) is 26.8 Å². The molecule has 5 nitrogen and oxygen atoms in total. The fourth-order valence-electron chi connectivity index (χ4n) is 1.55. The van der Waals surface area contributed by atoms with Gasteiger partial charge in [-0.25, -0.2) is 8.78 Å². The summed E-state index contributed by atoms with van der Waals surface area (Å²) in [5.41, 5.74) is 0.103. The van der Waals surface area contributed by atoms with Crippen LogP contribution < -0.4 is 5.32 Å². The number of rotatable bonds is 5. The Hall–Kier alpha value is -1.41. The Morgan fingerprint density at radius 2 is 2.11 bits per heavy atom. The van der Waals surface area contributed by atoms with Crippen LogP contribution in [0.25, 0.3) is 5.69 Å². The van der Waals surface area contributed by atoms with Crippen molar-refractivity contribution in [3.8, 4) is 5.69 Å². The molecule has 8 heteroatoms. The Morgan fingerprint density at radius 3 is 2.84 bits per heavy atom. The lowest BCUT2D eigenvalue weighted by molar-refractivity contribution is 0.561. The Kier molecular flexibility index (Phi) is 4.54. The molecular weight excluding hydrogens is 320 g/mol. The average Bonchev–Trinajstić information content (AvgIpc) is 2.82. The topological polar surface area (TPSA) is 55.6 Å². The Balaban J connectivity index is 2.32. The lowest BCUT2D eigenvalue weighted by atomic mass is 10.3. The minimum absolute atomic E-state index is 0.103. The van der Waals surface area contributed by atoms with Crippen molar-refractivity contribution in [1.29, 1.82) is 0 Å². The quantitative estimate of drug-likeness (QED) is 0.674. The van der Waals surface area contributed by atoms with Crippen molar-refractivity contribution < 1.29 is 8.78 Å². The predicted molar refractivity (Wildman–Crippen MR) is 68.8 cm³/mol. The highest BCUT2D eigenvalue weighted by molar-refractivity contribution is 9.10. The normalized spacial score (nSPS) is 10.9. The molecule has 0 atom stereocenters. The van der Waals surface area contributed by atoms with E-state index >= 15 is 0 Å². The summed E-state index contributed by atoms with van der Waals surface area (Å²) in [6.07, 6.45) is 0.970. The number of hydrogen-bond acceptors (Lipinski definition) is 4. The third-order valence-corrected chi connectivity index (χ3v) is 3.07. The lowest BCUT2D eigenvalue weighted by Gasteiger charge is -2.07. The first-order valence-corrected chi connectivity index (χ1v) is 6.55. The van der Waals surface area contributed by atoms with E-state index in [1.165, 1.54) is 10.7 Å². The molecule has 1 N–H and O–H groups in total. The first-order valence-electron chi connectivity index (χ1n) is 5.76. The predicted octanol–water partition coefficient (Wildman–Crippen LogP) is 2.20. The molecule has 2 rings (SSSR count). The molecule has 0 bridgehead atoms. The Labute approximate surface area is 117 Å². The molecule has 0 spiro atoms. The molecule has 0 saturated carbocycles. The number of nitrogens with zero attached hydrogens (tertiary/aromatic N) is 4. The zero-order chi connectivity index (χ0) is 13.8. The van der Waals surface area contributed by atoms with Crippen LogP contribution in [0.5, 0.6) is 0 Å². The zero-order valence-electron chi connectivity index (χ0n) is 10.2. The number of benzene rings is 1. The Bertz CT molecular complexity index is 572. The van der Waals surface area contributed by atoms with Gasteiger partial charge in [0.2, 0.25) is 0 Å². The highest BCUT2D eigenvalue weighted by atomic mass is 79.9. The second kappa shape index (κ2) is 6.16. The first-order chi connectivity index (χ1) is 9.13. The van der Waals surface area contributed by atoms with Crippen molar-refractivity contribution in [2.75, 3.05) is 6.54 Å². The lowest BCUT2D eigenvalue weighted by Crippen LogP contribution is -2.18. The zero-order valence-corrected chi connectivity index (χ0v) is 11.8. The molecule has 1 aromatic carbocycles. The van der Waals surface area contributed by atoms with Crippen molar-refractivity contribution in [3.63, 3.8) is 0 Å². The van der Waals surface area contributed by atoms with Crippen LogP contribution >= 0.6 is 15.9 Å². The molecular formula is C11H12BrF2N5. The molecule has 1 heterocycles. The van der Waals surface area contributed by atoms with E-state index in [0.717, 1.165) is 19.0 Å². The number of tetrazole rings is 1. The van der Waals surface area contributed by atoms with Crippen LogP contribution in [0.2, 0.25) is 0 Å². The molecule has 102 valence electrons. The van der Waals surface area contributed by atoms with Crippen molar-refractivity contribution in [3.05, 3.63) is 34.1 Å². The molecule has 0 aliphatic heterocycles. The smallest absolute Gasteiger partial charge is 0.170 e. The van der Waals surface area contributed by atoms with Crippen molar-refractivity contribution in [1.82, 2.24) is 25.5 Å². The van der Waals surface area contributed by atoms with Crippen LogP contribution in [-0.2, 0) is 6.54 Å². The van der Waals surface area contributed by atoms with Gasteiger partial charge in [-0.15, -0.1) is 5.10 Å². The monoisotopic (exact) mass is 331 g/mol. The maximum Gasteiger partial charge on any atom is 0.170 e. The highest BCUT2D eigenvalue weighted by Crippen LogP contribution is 2.22. The average molecular weight is 332 g/mol. The number of nitrogens with one attached hydrogen (secondary N) is 1. The molecule has 19 heavy (non-hydrogen) atoms. The van der Waals surface area contributed by atoms with E-state index < -0.39 is 11.6 Å². The number of halogens is 3. The van der Waals surface area contributed by atoms with Gasteiger partial charge in [-0.05, 0) is 45.4 Å². The summed E-state index contributed by atoms with van der Waals surface area (Å²) in [5.74, 6) is -0.921. The number of aromatic nitrogens is 4. The van der Waals surface area contributed by atoms with Gasteiger partial charge in [0.15, 0.2) is 11.6 Å². The fourth-order valence-corrected chi connectivity index (χ4v) is 1.89. The van der Waals surface area contributed by atoms with Gasteiger partial charge in [0, 0.05) is 6.07 Å². The van der Waals surface area contributed by atoms with Crippen LogP contribution in [0, 0.1) is 11.6 Å². The van der Waals surface area contributed by atoms with Crippen LogP contribution in [0.3, 0.4) is 0 Å². The third-order valence-electron chi connectivity index (χ3n) is 2.46. The van der Waals surface area contributed by atoms with Gasteiger partial charge in [0.1, 0.15) is 11.5 Å². The van der Waals surface area contributed by atoms with Crippen LogP contribution in [0.4, 0.5) is 8.78 Å². The van der Waals surface area contributed by atoms with Gasteiger partial charge in [-0.3, -0.25) is 0 Å². The second-order valence-electron chi connectivity index (χ2n) is 3.90. The van der Waals surface area contributed by atoms with Crippen LogP contribution in [0.1, 0.15) is 19.2 Å². The standard InChI is InChI=1S/C11H12BrF2N5/c1-2-3-15-6-11-16-17-18-19(11)10-4-7(12)8(13)5-9(10)14/h4-5,15H,2-3,6H2,1H3. The van der Waals surface area contributed by atoms with Gasteiger partial charge in [-0.1, -0.05) is 6.92 Å². The van der Waals surface area contributed by atoms with E-state index in [9.17, 15) is 8.78 Å². The molecule has 1 aromatic heterocycles. The largest absolute Gasteiger partial charge is 0.310 e. The maximum atomic E-state index is 13.8. The molecule has 2 aromatic rings. The first kappa shape index (κ1) is 14.0. The highest BCUT2D eigenvalue weighted by Gasteiger charge is 2.15. The summed E-state index contributed by atoms with van der Waals surface area (Å²) in [6.45, 7) is 3.25. The van der Waals surface area contributed by atoms with Crippen molar-refractivity contribution in [2.24, 2.45) is 0 Å². The summed E-state index contributed by atoms with van der Waals surface area (Å²) < 4.78 is 28.4. The van der Waals surface area contributed by atoms with Gasteiger partial charge in [0.05, 0.1) is 11.0 Å². The summed E-state index contributed by atoms with van der Waals surface area (Å²) >= 11 is 3.01. The van der Waals surface area contributed by atoms with Crippen molar-refractivity contribution >= 4 is 15.9 Å². The molecule has 0 fully saturated rings. The summed E-state index contributed by atoms with van der Waals surface area (Å²) in [6, 6.07) is 2.11. The van der Waals surface area contributed by atoms with Gasteiger partial charge in [0.25, 0.3) is 0 Å². The van der Waals surface area contributed by atoms with E-state index in [1.807, 2.05) is 6.92 Å². The van der Waals surface area contributed by atoms with E-state index in [0.29, 0.717) is 12.4 Å². The van der Waals surface area contributed by atoms with E-state index in [-0.39, 0.29) is 10.2 Å². The molecule has 0 unspecified atom stereocenters. The second-order valence-corrected chi connectivity index (χ2v) is 4.76. The Morgan fingerprint density at radius 1 is 1.32 bits per heavy atom. The minimum atomic E-state index is -0.718. The molecule has 0 amide bonds. The molecule has 0 radical (unpaired) electrons. The third kappa shape index (κ3) is 3.13. The molecule has 0 aliphatic rings. The summed E-state index contributed by atoms with van der Waals surface area (Å²) in [5, 5.41) is 14.2. The summed E-state index contributed by atoms with van der Waals surface area (Å²) in [4.78, 5) is 0. The number of hydrogen-bond donors (Lipinski definition) is 1. The van der Waals surface area contributed by atoms with E-state index in [1.54, 1.807) is 0 Å². The van der Waals surface area contributed by atoms with Gasteiger partial charge in [-0.2, -0.15) is 4.68 Å². The van der Waals surface area contributed by atoms with E-state index in [2.05, 4.69) is 36.8 Å². The minimum Gasteiger partial charge on any atom is -0.310 e. The maximum absolute atomic E-state index is 13.8. The molecule has 0 saturated heterocycles. The summed E-state index contributed by atoms with van der Waals surface area (Å²) in [7, 11) is 0. The van der Waals surface area contributed by atoms with Gasteiger partial charge >= 0.3 is 0 Å². The van der Waals surface area contributed by atoms with Gasteiger partial charge < -0.3 is 5.32 Å². The van der Waals surface area contributed by atoms with Crippen LogP contribution in [0.15, 0.2) is 16.6 Å².